The van der Waals surface area contributed by atoms with E-state index in [1.807, 2.05) is 53.9 Å². The van der Waals surface area contributed by atoms with Gasteiger partial charge in [-0.05, 0) is 23.1 Å². The van der Waals surface area contributed by atoms with E-state index in [1.54, 1.807) is 11.3 Å². The van der Waals surface area contributed by atoms with Crippen LogP contribution < -0.4 is 4.74 Å². The number of thiophene rings is 1. The Morgan fingerprint density at radius 1 is 1.14 bits per heavy atom. The summed E-state index contributed by atoms with van der Waals surface area (Å²) in [5.74, 6) is 0.363. The molecule has 0 atom stereocenters. The molecule has 4 heteroatoms. The van der Waals surface area contributed by atoms with Crippen LogP contribution in [-0.4, -0.2) is 12.1 Å². The van der Waals surface area contributed by atoms with Crippen LogP contribution in [0.4, 0.5) is 0 Å². The van der Waals surface area contributed by atoms with Gasteiger partial charge in [-0.2, -0.15) is 5.26 Å². The fraction of sp³-hybridized carbons (Fsp3) is 0.0588. The Balaban J connectivity index is 2.27. The molecule has 3 nitrogen and oxygen atoms in total. The highest BCUT2D eigenvalue weighted by molar-refractivity contribution is 7.13. The SMILES string of the molecule is COc1nc(-c2cccs2)cc(-c2ccccc2)c1C#N. The van der Waals surface area contributed by atoms with Gasteiger partial charge in [-0.25, -0.2) is 4.98 Å². The second-order valence-electron chi connectivity index (χ2n) is 4.39. The number of nitriles is 1. The molecule has 2 heterocycles. The predicted molar refractivity (Wildman–Crippen MR) is 84.3 cm³/mol. The molecular formula is C17H12N2OS. The maximum atomic E-state index is 9.45. The summed E-state index contributed by atoms with van der Waals surface area (Å²) in [5.41, 5.74) is 3.10. The van der Waals surface area contributed by atoms with Gasteiger partial charge in [0.2, 0.25) is 5.88 Å². The van der Waals surface area contributed by atoms with Gasteiger partial charge in [-0.15, -0.1) is 11.3 Å². The largest absolute Gasteiger partial charge is 0.480 e. The number of aromatic nitrogens is 1. The summed E-state index contributed by atoms with van der Waals surface area (Å²) in [5, 5.41) is 11.4. The summed E-state index contributed by atoms with van der Waals surface area (Å²) in [4.78, 5) is 5.51. The van der Waals surface area contributed by atoms with Crippen LogP contribution in [0.15, 0.2) is 53.9 Å². The van der Waals surface area contributed by atoms with Gasteiger partial charge >= 0.3 is 0 Å². The zero-order valence-electron chi connectivity index (χ0n) is 11.4. The van der Waals surface area contributed by atoms with Crippen molar-refractivity contribution >= 4 is 11.3 Å². The number of methoxy groups -OCH3 is 1. The van der Waals surface area contributed by atoms with E-state index in [0.717, 1.165) is 21.7 Å². The lowest BCUT2D eigenvalue weighted by atomic mass is 10.0. The maximum Gasteiger partial charge on any atom is 0.232 e. The fourth-order valence-electron chi connectivity index (χ4n) is 2.17. The van der Waals surface area contributed by atoms with Crippen molar-refractivity contribution in [2.24, 2.45) is 0 Å². The molecule has 2 aromatic heterocycles. The lowest BCUT2D eigenvalue weighted by Gasteiger charge is -2.10. The number of nitrogens with zero attached hydrogens (tertiary/aromatic N) is 2. The number of benzene rings is 1. The Morgan fingerprint density at radius 3 is 2.57 bits per heavy atom. The van der Waals surface area contributed by atoms with E-state index in [0.29, 0.717) is 11.4 Å². The van der Waals surface area contributed by atoms with Crippen molar-refractivity contribution in [3.8, 4) is 33.6 Å². The van der Waals surface area contributed by atoms with Crippen LogP contribution in [0.3, 0.4) is 0 Å². The van der Waals surface area contributed by atoms with Crippen LogP contribution in [0.2, 0.25) is 0 Å². The van der Waals surface area contributed by atoms with Crippen molar-refractivity contribution in [1.29, 1.82) is 5.26 Å². The molecule has 102 valence electrons. The average molecular weight is 292 g/mol. The molecule has 0 spiro atoms. The van der Waals surface area contributed by atoms with E-state index in [-0.39, 0.29) is 0 Å². The molecule has 0 N–H and O–H groups in total. The van der Waals surface area contributed by atoms with Gasteiger partial charge in [0.15, 0.2) is 0 Å². The van der Waals surface area contributed by atoms with Crippen LogP contribution in [0.25, 0.3) is 21.7 Å². The van der Waals surface area contributed by atoms with Gasteiger partial charge in [-0.3, -0.25) is 0 Å². The predicted octanol–water partition coefficient (Wildman–Crippen LogP) is 4.36. The lowest BCUT2D eigenvalue weighted by molar-refractivity contribution is 0.397. The first-order valence-corrected chi connectivity index (χ1v) is 7.30. The summed E-state index contributed by atoms with van der Waals surface area (Å²) < 4.78 is 5.31. The Labute approximate surface area is 127 Å². The first-order chi connectivity index (χ1) is 10.3. The number of pyridine rings is 1. The third-order valence-corrected chi connectivity index (χ3v) is 4.04. The third kappa shape index (κ3) is 2.51. The van der Waals surface area contributed by atoms with E-state index < -0.39 is 0 Å². The zero-order valence-corrected chi connectivity index (χ0v) is 12.2. The molecule has 0 amide bonds. The minimum Gasteiger partial charge on any atom is -0.480 e. The number of hydrogen-bond acceptors (Lipinski definition) is 4. The van der Waals surface area contributed by atoms with Crippen LogP contribution >= 0.6 is 11.3 Å². The maximum absolute atomic E-state index is 9.45. The quantitative estimate of drug-likeness (QED) is 0.720. The third-order valence-electron chi connectivity index (χ3n) is 3.15. The van der Waals surface area contributed by atoms with Gasteiger partial charge in [0.1, 0.15) is 11.6 Å². The monoisotopic (exact) mass is 292 g/mol. The van der Waals surface area contributed by atoms with Crippen molar-refractivity contribution in [3.05, 3.63) is 59.5 Å². The number of rotatable bonds is 3. The van der Waals surface area contributed by atoms with Crippen LogP contribution in [0, 0.1) is 11.3 Å². The second-order valence-corrected chi connectivity index (χ2v) is 5.34. The Bertz CT molecular complexity index is 790. The summed E-state index contributed by atoms with van der Waals surface area (Å²) in [6, 6.07) is 18.0. The van der Waals surface area contributed by atoms with Gasteiger partial charge < -0.3 is 4.74 Å². The van der Waals surface area contributed by atoms with Crippen LogP contribution in [0.5, 0.6) is 5.88 Å². The highest BCUT2D eigenvalue weighted by atomic mass is 32.1. The van der Waals surface area contributed by atoms with Crippen LogP contribution in [-0.2, 0) is 0 Å². The normalized spacial score (nSPS) is 10.1. The highest BCUT2D eigenvalue weighted by Gasteiger charge is 2.15. The second kappa shape index (κ2) is 5.78. The van der Waals surface area contributed by atoms with Crippen molar-refractivity contribution in [3.63, 3.8) is 0 Å². The molecule has 0 aliphatic heterocycles. The lowest BCUT2D eigenvalue weighted by Crippen LogP contribution is -1.97. The molecule has 21 heavy (non-hydrogen) atoms. The van der Waals surface area contributed by atoms with Crippen molar-refractivity contribution in [2.45, 2.75) is 0 Å². The van der Waals surface area contributed by atoms with E-state index >= 15 is 0 Å². The molecular weight excluding hydrogens is 280 g/mol. The molecule has 0 fully saturated rings. The van der Waals surface area contributed by atoms with E-state index in [2.05, 4.69) is 11.1 Å². The first-order valence-electron chi connectivity index (χ1n) is 6.42. The minimum atomic E-state index is 0.363. The van der Waals surface area contributed by atoms with Gasteiger partial charge in [-0.1, -0.05) is 36.4 Å². The zero-order chi connectivity index (χ0) is 14.7. The van der Waals surface area contributed by atoms with Crippen molar-refractivity contribution in [2.75, 3.05) is 7.11 Å². The van der Waals surface area contributed by atoms with E-state index in [9.17, 15) is 5.26 Å². The van der Waals surface area contributed by atoms with Crippen molar-refractivity contribution in [1.82, 2.24) is 4.98 Å². The molecule has 1 aromatic carbocycles. The molecule has 0 saturated carbocycles. The molecule has 0 aliphatic carbocycles. The Hall–Kier alpha value is -2.64. The van der Waals surface area contributed by atoms with Crippen molar-refractivity contribution < 1.29 is 4.74 Å². The standard InChI is InChI=1S/C17H12N2OS/c1-20-17-14(11-18)13(12-6-3-2-4-7-12)10-15(19-17)16-8-5-9-21-16/h2-10H,1H3. The van der Waals surface area contributed by atoms with Gasteiger partial charge in [0, 0.05) is 5.56 Å². The summed E-state index contributed by atoms with van der Waals surface area (Å²) in [6.45, 7) is 0. The van der Waals surface area contributed by atoms with Crippen LogP contribution in [0.1, 0.15) is 5.56 Å². The minimum absolute atomic E-state index is 0.363. The van der Waals surface area contributed by atoms with Gasteiger partial charge in [0.05, 0.1) is 17.7 Å². The number of hydrogen-bond donors (Lipinski definition) is 0. The number of ether oxygens (including phenoxy) is 1. The summed E-state index contributed by atoms with van der Waals surface area (Å²) >= 11 is 1.61. The summed E-state index contributed by atoms with van der Waals surface area (Å²) in [6.07, 6.45) is 0. The molecule has 3 rings (SSSR count). The average Bonchev–Trinajstić information content (AvgIpc) is 3.08. The molecule has 0 bridgehead atoms. The Morgan fingerprint density at radius 2 is 1.95 bits per heavy atom. The topological polar surface area (TPSA) is 45.9 Å². The van der Waals surface area contributed by atoms with E-state index in [4.69, 9.17) is 4.74 Å². The highest BCUT2D eigenvalue weighted by Crippen LogP contribution is 2.34. The molecule has 0 aliphatic rings. The molecule has 3 aromatic rings. The van der Waals surface area contributed by atoms with Gasteiger partial charge in [0.25, 0.3) is 0 Å². The molecule has 0 saturated heterocycles. The summed E-state index contributed by atoms with van der Waals surface area (Å²) in [7, 11) is 1.54. The Kier molecular flexibility index (Phi) is 3.67. The fourth-order valence-corrected chi connectivity index (χ4v) is 2.86. The van der Waals surface area contributed by atoms with E-state index in [1.165, 1.54) is 7.11 Å². The first kappa shape index (κ1) is 13.3. The molecule has 0 radical (unpaired) electrons. The smallest absolute Gasteiger partial charge is 0.232 e. The molecule has 0 unspecified atom stereocenters.